The molecule has 1 fully saturated rings. The molecule has 1 N–H and O–H groups in total. The summed E-state index contributed by atoms with van der Waals surface area (Å²) >= 11 is 0. The number of carbonyl (C=O) groups is 2. The predicted molar refractivity (Wildman–Crippen MR) is 98.9 cm³/mol. The maximum absolute atomic E-state index is 13.3. The number of hydrogen-bond donors (Lipinski definition) is 1. The molecule has 9 heteroatoms. The van der Waals surface area contributed by atoms with Crippen LogP contribution in [0.25, 0.3) is 0 Å². The molecule has 2 heterocycles. The molecule has 2 aliphatic heterocycles. The summed E-state index contributed by atoms with van der Waals surface area (Å²) < 4.78 is 10.7. The van der Waals surface area contributed by atoms with Crippen LogP contribution in [0.4, 0.5) is 10.5 Å². The lowest BCUT2D eigenvalue weighted by atomic mass is 9.92. The summed E-state index contributed by atoms with van der Waals surface area (Å²) in [6, 6.07) is 9.79. The Kier molecular flexibility index (Phi) is 3.82. The number of aryl methyl sites for hydroxylation is 1. The molecule has 9 nitrogen and oxygen atoms in total. The Labute approximate surface area is 165 Å². The molecule has 0 aromatic heterocycles. The molecule has 148 valence electrons. The standard InChI is InChI=1S/C20H17N3O6/c24-18-20(6-5-12-3-1-2-4-16(12)20)21-19(25)22(18)9-13-7-15(23(26)27)8-14-10-28-11-29-17(13)14/h1-4,7-8H,5-6,9-11H2,(H,21,25). The number of nitro benzene ring substituents is 1. The molecule has 5 rings (SSSR count). The molecule has 29 heavy (non-hydrogen) atoms. The second-order valence-electron chi connectivity index (χ2n) is 7.34. The van der Waals surface area contributed by atoms with Crippen LogP contribution in [0.15, 0.2) is 36.4 Å². The zero-order valence-electron chi connectivity index (χ0n) is 15.3. The van der Waals surface area contributed by atoms with E-state index in [9.17, 15) is 19.7 Å². The quantitative estimate of drug-likeness (QED) is 0.485. The highest BCUT2D eigenvalue weighted by Crippen LogP contribution is 2.42. The lowest BCUT2D eigenvalue weighted by Gasteiger charge is -2.24. The fourth-order valence-corrected chi connectivity index (χ4v) is 4.41. The average Bonchev–Trinajstić information content (AvgIpc) is 3.21. The SMILES string of the molecule is O=C1NC2(CCc3ccccc32)C(=O)N1Cc1cc([N+](=O)[O-])cc2c1OCOC2. The third kappa shape index (κ3) is 2.58. The number of nitro groups is 1. The molecule has 1 unspecified atom stereocenters. The molecule has 2 aromatic rings. The van der Waals surface area contributed by atoms with Crippen LogP contribution in [0.5, 0.6) is 5.75 Å². The Morgan fingerprint density at radius 3 is 2.86 bits per heavy atom. The van der Waals surface area contributed by atoms with E-state index in [0.29, 0.717) is 29.7 Å². The summed E-state index contributed by atoms with van der Waals surface area (Å²) in [5.74, 6) is 0.0787. The van der Waals surface area contributed by atoms with Gasteiger partial charge in [0.15, 0.2) is 6.79 Å². The molecule has 0 bridgehead atoms. The number of amides is 3. The van der Waals surface area contributed by atoms with E-state index in [1.165, 1.54) is 12.1 Å². The van der Waals surface area contributed by atoms with Crippen LogP contribution in [0.2, 0.25) is 0 Å². The normalized spacial score (nSPS) is 22.3. The minimum absolute atomic E-state index is 0.00919. The van der Waals surface area contributed by atoms with Crippen molar-refractivity contribution in [2.75, 3.05) is 6.79 Å². The van der Waals surface area contributed by atoms with Crippen LogP contribution in [-0.2, 0) is 34.6 Å². The summed E-state index contributed by atoms with van der Waals surface area (Å²) in [6.45, 7) is 0.0648. The molecule has 1 spiro atoms. The van der Waals surface area contributed by atoms with E-state index in [4.69, 9.17) is 9.47 Å². The minimum Gasteiger partial charge on any atom is -0.467 e. The van der Waals surface area contributed by atoms with Crippen molar-refractivity contribution in [3.63, 3.8) is 0 Å². The van der Waals surface area contributed by atoms with E-state index < -0.39 is 16.5 Å². The Balaban J connectivity index is 1.52. The van der Waals surface area contributed by atoms with Crippen LogP contribution in [-0.4, -0.2) is 28.6 Å². The molecule has 1 atom stereocenters. The zero-order chi connectivity index (χ0) is 20.2. The Morgan fingerprint density at radius 1 is 1.21 bits per heavy atom. The maximum Gasteiger partial charge on any atom is 0.325 e. The highest BCUT2D eigenvalue weighted by atomic mass is 16.7. The number of non-ortho nitro benzene ring substituents is 1. The van der Waals surface area contributed by atoms with E-state index in [1.54, 1.807) is 0 Å². The number of hydrogen-bond acceptors (Lipinski definition) is 6. The first kappa shape index (κ1) is 17.6. The summed E-state index contributed by atoms with van der Waals surface area (Å²) in [6.07, 6.45) is 1.19. The third-order valence-corrected chi connectivity index (χ3v) is 5.73. The van der Waals surface area contributed by atoms with Gasteiger partial charge < -0.3 is 14.8 Å². The smallest absolute Gasteiger partial charge is 0.325 e. The van der Waals surface area contributed by atoms with Gasteiger partial charge in [0.25, 0.3) is 11.6 Å². The lowest BCUT2D eigenvalue weighted by molar-refractivity contribution is -0.385. The fraction of sp³-hybridized carbons (Fsp3) is 0.300. The van der Waals surface area contributed by atoms with E-state index >= 15 is 0 Å². The van der Waals surface area contributed by atoms with Crippen molar-refractivity contribution in [1.29, 1.82) is 0 Å². The molecule has 3 amide bonds. The van der Waals surface area contributed by atoms with Crippen molar-refractivity contribution in [3.05, 3.63) is 68.8 Å². The predicted octanol–water partition coefficient (Wildman–Crippen LogP) is 2.35. The Bertz CT molecular complexity index is 1070. The summed E-state index contributed by atoms with van der Waals surface area (Å²) in [7, 11) is 0. The first-order valence-corrected chi connectivity index (χ1v) is 9.23. The van der Waals surface area contributed by atoms with Crippen molar-refractivity contribution >= 4 is 17.6 Å². The molecule has 1 saturated heterocycles. The average molecular weight is 395 g/mol. The highest BCUT2D eigenvalue weighted by Gasteiger charge is 2.55. The van der Waals surface area contributed by atoms with Gasteiger partial charge in [-0.05, 0) is 24.0 Å². The number of fused-ring (bicyclic) bond motifs is 3. The third-order valence-electron chi connectivity index (χ3n) is 5.73. The molecular weight excluding hydrogens is 378 g/mol. The number of imide groups is 1. The second-order valence-corrected chi connectivity index (χ2v) is 7.34. The minimum atomic E-state index is -1.07. The Morgan fingerprint density at radius 2 is 2.03 bits per heavy atom. The number of ether oxygens (including phenoxy) is 2. The Hall–Kier alpha value is -3.46. The maximum atomic E-state index is 13.3. The molecule has 1 aliphatic carbocycles. The van der Waals surface area contributed by atoms with Gasteiger partial charge in [-0.2, -0.15) is 0 Å². The van der Waals surface area contributed by atoms with Crippen LogP contribution in [0, 0.1) is 10.1 Å². The first-order valence-electron chi connectivity index (χ1n) is 9.23. The van der Waals surface area contributed by atoms with Crippen molar-refractivity contribution in [3.8, 4) is 5.75 Å². The second kappa shape index (κ2) is 6.28. The summed E-state index contributed by atoms with van der Waals surface area (Å²) in [4.78, 5) is 38.0. The van der Waals surface area contributed by atoms with Crippen LogP contribution >= 0.6 is 0 Å². The van der Waals surface area contributed by atoms with Gasteiger partial charge in [0, 0.05) is 23.3 Å². The molecule has 0 radical (unpaired) electrons. The summed E-state index contributed by atoms with van der Waals surface area (Å²) in [5, 5.41) is 14.2. The summed E-state index contributed by atoms with van der Waals surface area (Å²) in [5.41, 5.74) is 1.57. The number of nitrogens with zero attached hydrogens (tertiary/aromatic N) is 2. The van der Waals surface area contributed by atoms with Gasteiger partial charge in [0.2, 0.25) is 0 Å². The molecular formula is C20H17N3O6. The topological polar surface area (TPSA) is 111 Å². The van der Waals surface area contributed by atoms with Crippen molar-refractivity contribution in [2.45, 2.75) is 31.5 Å². The van der Waals surface area contributed by atoms with Gasteiger partial charge in [-0.3, -0.25) is 19.8 Å². The number of carbonyl (C=O) groups excluding carboxylic acids is 2. The first-order chi connectivity index (χ1) is 14.0. The molecule has 0 saturated carbocycles. The van der Waals surface area contributed by atoms with Crippen molar-refractivity contribution in [1.82, 2.24) is 10.2 Å². The van der Waals surface area contributed by atoms with Crippen LogP contribution in [0.1, 0.15) is 28.7 Å². The van der Waals surface area contributed by atoms with E-state index in [0.717, 1.165) is 16.0 Å². The fourth-order valence-electron chi connectivity index (χ4n) is 4.41. The largest absolute Gasteiger partial charge is 0.467 e. The van der Waals surface area contributed by atoms with Crippen LogP contribution < -0.4 is 10.1 Å². The number of urea groups is 1. The van der Waals surface area contributed by atoms with E-state index in [-0.39, 0.29) is 31.5 Å². The molecule has 2 aromatic carbocycles. The number of rotatable bonds is 3. The highest BCUT2D eigenvalue weighted by molar-refractivity contribution is 6.08. The number of benzene rings is 2. The monoisotopic (exact) mass is 395 g/mol. The van der Waals surface area contributed by atoms with Crippen LogP contribution in [0.3, 0.4) is 0 Å². The van der Waals surface area contributed by atoms with Crippen molar-refractivity contribution < 1.29 is 24.0 Å². The zero-order valence-corrected chi connectivity index (χ0v) is 15.3. The number of nitrogens with one attached hydrogen (secondary N) is 1. The van der Waals surface area contributed by atoms with Gasteiger partial charge in [0.1, 0.15) is 11.3 Å². The van der Waals surface area contributed by atoms with Gasteiger partial charge in [-0.25, -0.2) is 4.79 Å². The van der Waals surface area contributed by atoms with E-state index in [1.807, 2.05) is 24.3 Å². The van der Waals surface area contributed by atoms with Gasteiger partial charge >= 0.3 is 6.03 Å². The van der Waals surface area contributed by atoms with Gasteiger partial charge in [-0.1, -0.05) is 24.3 Å². The van der Waals surface area contributed by atoms with Crippen molar-refractivity contribution in [2.24, 2.45) is 0 Å². The van der Waals surface area contributed by atoms with E-state index in [2.05, 4.69) is 5.32 Å². The van der Waals surface area contributed by atoms with Gasteiger partial charge in [-0.15, -0.1) is 0 Å². The van der Waals surface area contributed by atoms with Gasteiger partial charge in [0.05, 0.1) is 18.1 Å². The molecule has 3 aliphatic rings. The lowest BCUT2D eigenvalue weighted by Crippen LogP contribution is -2.41.